The maximum atomic E-state index is 7.95. The monoisotopic (exact) mass is 357 g/mol. The zero-order valence-corrected chi connectivity index (χ0v) is 14.8. The molecule has 9 nitrogen and oxygen atoms in total. The van der Waals surface area contributed by atoms with Gasteiger partial charge in [0, 0.05) is 17.4 Å². The molecular weight excluding hydrogens is 336 g/mol. The molecule has 0 saturated carbocycles. The van der Waals surface area contributed by atoms with E-state index < -0.39 is 25.8 Å². The van der Waals surface area contributed by atoms with Crippen molar-refractivity contribution in [3.8, 4) is 0 Å². The lowest BCUT2D eigenvalue weighted by Crippen LogP contribution is -1.78. The summed E-state index contributed by atoms with van der Waals surface area (Å²) in [6.45, 7) is 6.17. The SMILES string of the molecule is CCOP(O)O.CCOP(O)O.CCOP(O)O.[Al]. The van der Waals surface area contributed by atoms with Gasteiger partial charge in [-0.3, -0.25) is 0 Å². The first kappa shape index (κ1) is 28.6. The molecule has 0 rings (SSSR count). The Labute approximate surface area is 127 Å². The lowest BCUT2D eigenvalue weighted by Gasteiger charge is -1.95. The predicted octanol–water partition coefficient (Wildman–Crippen LogP) is 0.322. The standard InChI is InChI=1S/3C2H7O3P.Al/c3*1-2-5-6(3)4;/h3*3-4H,2H2,1H3;. The topological polar surface area (TPSA) is 149 Å². The Morgan fingerprint density at radius 1 is 0.579 bits per heavy atom. The van der Waals surface area contributed by atoms with Gasteiger partial charge < -0.3 is 42.9 Å². The summed E-state index contributed by atoms with van der Waals surface area (Å²) in [6.07, 6.45) is 0. The van der Waals surface area contributed by atoms with E-state index in [1.54, 1.807) is 20.8 Å². The van der Waals surface area contributed by atoms with Gasteiger partial charge in [0.2, 0.25) is 0 Å². The van der Waals surface area contributed by atoms with E-state index in [1.165, 1.54) is 0 Å². The summed E-state index contributed by atoms with van der Waals surface area (Å²) in [4.78, 5) is 47.7. The van der Waals surface area contributed by atoms with Gasteiger partial charge in [0.05, 0.1) is 19.8 Å². The Hall–Kier alpha value is 1.46. The number of hydrogen-bond acceptors (Lipinski definition) is 9. The quantitative estimate of drug-likeness (QED) is 0.292. The maximum Gasteiger partial charge on any atom is 0.327 e. The van der Waals surface area contributed by atoms with Gasteiger partial charge in [0.15, 0.2) is 0 Å². The summed E-state index contributed by atoms with van der Waals surface area (Å²) in [7, 11) is -6.30. The molecule has 0 atom stereocenters. The van der Waals surface area contributed by atoms with E-state index in [-0.39, 0.29) is 17.4 Å². The first-order valence-electron chi connectivity index (χ1n) is 4.74. The van der Waals surface area contributed by atoms with Crippen LogP contribution >= 0.6 is 25.8 Å². The van der Waals surface area contributed by atoms with Crippen LogP contribution in [0.3, 0.4) is 0 Å². The van der Waals surface area contributed by atoms with Crippen LogP contribution in [0, 0.1) is 0 Å². The van der Waals surface area contributed by atoms with Crippen LogP contribution in [0.1, 0.15) is 20.8 Å². The number of rotatable bonds is 6. The Bertz CT molecular complexity index is 119. The summed E-state index contributed by atoms with van der Waals surface area (Å²) in [5.74, 6) is 0. The molecule has 0 bridgehead atoms. The van der Waals surface area contributed by atoms with Crippen LogP contribution in [0.2, 0.25) is 0 Å². The fraction of sp³-hybridized carbons (Fsp3) is 1.00. The van der Waals surface area contributed by atoms with E-state index >= 15 is 0 Å². The van der Waals surface area contributed by atoms with Gasteiger partial charge in [-0.1, -0.05) is 0 Å². The van der Waals surface area contributed by atoms with Crippen LogP contribution in [0.5, 0.6) is 0 Å². The van der Waals surface area contributed by atoms with Crippen molar-refractivity contribution in [2.45, 2.75) is 20.8 Å². The van der Waals surface area contributed by atoms with Crippen molar-refractivity contribution < 1.29 is 42.9 Å². The van der Waals surface area contributed by atoms with E-state index in [1.807, 2.05) is 0 Å². The molecule has 13 heteroatoms. The zero-order valence-electron chi connectivity index (χ0n) is 10.9. The first-order valence-corrected chi connectivity index (χ1v) is 8.23. The van der Waals surface area contributed by atoms with Gasteiger partial charge >= 0.3 is 25.8 Å². The smallest absolute Gasteiger partial charge is 0.327 e. The summed E-state index contributed by atoms with van der Waals surface area (Å²) in [5, 5.41) is 0. The van der Waals surface area contributed by atoms with Crippen LogP contribution in [-0.2, 0) is 13.6 Å². The minimum absolute atomic E-state index is 0. The first-order chi connectivity index (χ1) is 8.31. The minimum Gasteiger partial charge on any atom is -0.328 e. The van der Waals surface area contributed by atoms with Crippen molar-refractivity contribution in [1.29, 1.82) is 0 Å². The fourth-order valence-electron chi connectivity index (χ4n) is 0.346. The second kappa shape index (κ2) is 24.5. The van der Waals surface area contributed by atoms with E-state index in [0.29, 0.717) is 19.8 Å². The highest BCUT2D eigenvalue weighted by atomic mass is 31.2. The molecule has 0 aliphatic heterocycles. The third-order valence-electron chi connectivity index (χ3n) is 0.734. The van der Waals surface area contributed by atoms with Gasteiger partial charge in [-0.15, -0.1) is 0 Å². The summed E-state index contributed by atoms with van der Waals surface area (Å²) < 4.78 is 12.7. The molecule has 0 aromatic carbocycles. The molecule has 0 heterocycles. The van der Waals surface area contributed by atoms with Crippen molar-refractivity contribution in [2.75, 3.05) is 19.8 Å². The van der Waals surface area contributed by atoms with Crippen molar-refractivity contribution in [3.63, 3.8) is 0 Å². The predicted molar refractivity (Wildman–Crippen MR) is 74.7 cm³/mol. The maximum absolute atomic E-state index is 7.95. The summed E-state index contributed by atoms with van der Waals surface area (Å²) >= 11 is 0. The summed E-state index contributed by atoms with van der Waals surface area (Å²) in [5.41, 5.74) is 0. The number of hydrogen-bond donors (Lipinski definition) is 6. The lowest BCUT2D eigenvalue weighted by atomic mass is 10.9. The molecule has 0 aromatic rings. The van der Waals surface area contributed by atoms with E-state index in [9.17, 15) is 0 Å². The van der Waals surface area contributed by atoms with Gasteiger partial charge in [0.25, 0.3) is 0 Å². The molecule has 0 aliphatic carbocycles. The molecule has 0 unspecified atom stereocenters. The molecule has 0 aliphatic rings. The minimum atomic E-state index is -2.10. The van der Waals surface area contributed by atoms with Crippen LogP contribution in [0.15, 0.2) is 0 Å². The van der Waals surface area contributed by atoms with Crippen molar-refractivity contribution in [3.05, 3.63) is 0 Å². The van der Waals surface area contributed by atoms with Gasteiger partial charge in [-0.05, 0) is 20.8 Å². The molecule has 0 saturated heterocycles. The molecule has 0 aromatic heterocycles. The van der Waals surface area contributed by atoms with Crippen LogP contribution in [0.25, 0.3) is 0 Å². The second-order valence-corrected chi connectivity index (χ2v) is 4.30. The van der Waals surface area contributed by atoms with Crippen molar-refractivity contribution in [1.82, 2.24) is 0 Å². The fourth-order valence-corrected chi connectivity index (χ4v) is 1.04. The lowest BCUT2D eigenvalue weighted by molar-refractivity contribution is 0.268. The highest BCUT2D eigenvalue weighted by Gasteiger charge is 1.92. The third kappa shape index (κ3) is 54.2. The molecule has 3 radical (unpaired) electrons. The molecule has 6 N–H and O–H groups in total. The Balaban J connectivity index is -0.0000000865. The summed E-state index contributed by atoms with van der Waals surface area (Å²) in [6, 6.07) is 0. The van der Waals surface area contributed by atoms with E-state index in [0.717, 1.165) is 0 Å². The highest BCUT2D eigenvalue weighted by Crippen LogP contribution is 2.23. The largest absolute Gasteiger partial charge is 0.328 e. The second-order valence-electron chi connectivity index (χ2n) is 2.01. The van der Waals surface area contributed by atoms with E-state index in [4.69, 9.17) is 29.4 Å². The molecule has 19 heavy (non-hydrogen) atoms. The van der Waals surface area contributed by atoms with Gasteiger partial charge in [-0.2, -0.15) is 0 Å². The average molecular weight is 357 g/mol. The van der Waals surface area contributed by atoms with Crippen LogP contribution in [0.4, 0.5) is 0 Å². The van der Waals surface area contributed by atoms with Crippen molar-refractivity contribution >= 4 is 43.2 Å². The Morgan fingerprint density at radius 2 is 0.737 bits per heavy atom. The molecule has 0 amide bonds. The van der Waals surface area contributed by atoms with Crippen molar-refractivity contribution in [2.24, 2.45) is 0 Å². The molecule has 0 spiro atoms. The highest BCUT2D eigenvalue weighted by molar-refractivity contribution is 7.39. The van der Waals surface area contributed by atoms with Crippen LogP contribution < -0.4 is 0 Å². The van der Waals surface area contributed by atoms with Gasteiger partial charge in [0.1, 0.15) is 0 Å². The zero-order chi connectivity index (χ0) is 15.0. The van der Waals surface area contributed by atoms with Gasteiger partial charge in [-0.25, -0.2) is 0 Å². The Kier molecular flexibility index (Phi) is 36.8. The normalized spacial score (nSPS) is 9.47. The molecule has 117 valence electrons. The average Bonchev–Trinajstić information content (AvgIpc) is 2.18. The molecule has 0 fully saturated rings. The Morgan fingerprint density at radius 3 is 0.737 bits per heavy atom. The molecular formula is C6H21AlO9P3. The van der Waals surface area contributed by atoms with Crippen LogP contribution in [-0.4, -0.2) is 66.5 Å². The van der Waals surface area contributed by atoms with E-state index in [2.05, 4.69) is 13.6 Å². The third-order valence-corrected chi connectivity index (χ3v) is 2.20.